The largest absolute Gasteiger partial charge is 0.334 e. The average molecular weight is 638 g/mol. The minimum absolute atomic E-state index is 0.0156. The Kier molecular flexibility index (Phi) is 6.81. The van der Waals surface area contributed by atoms with Gasteiger partial charge in [-0.15, -0.1) is 11.8 Å². The molecule has 0 fully saturated rings. The van der Waals surface area contributed by atoms with Crippen molar-refractivity contribution in [3.05, 3.63) is 179 Å². The lowest BCUT2D eigenvalue weighted by Crippen LogP contribution is -2.33. The summed E-state index contributed by atoms with van der Waals surface area (Å²) in [6.45, 7) is 11.1. The number of nitrogens with zero attached hydrogens (tertiary/aromatic N) is 1. The van der Waals surface area contributed by atoms with Crippen molar-refractivity contribution >= 4 is 50.8 Å². The minimum atomic E-state index is -0.0156. The molecule has 1 nitrogen and oxygen atoms in total. The topological polar surface area (TPSA) is 3.24 Å². The Bertz CT molecular complexity index is 2330. The van der Waals surface area contributed by atoms with Crippen LogP contribution in [-0.4, -0.2) is 11.3 Å². The van der Waals surface area contributed by atoms with Crippen LogP contribution in [0.25, 0.3) is 27.6 Å². The van der Waals surface area contributed by atoms with Gasteiger partial charge in [0.1, 0.15) is 0 Å². The van der Waals surface area contributed by atoms with Crippen molar-refractivity contribution in [1.29, 1.82) is 0 Å². The van der Waals surface area contributed by atoms with E-state index in [2.05, 4.69) is 178 Å². The maximum Gasteiger partial charge on any atom is 0.0566 e. The van der Waals surface area contributed by atoms with E-state index in [-0.39, 0.29) is 11.5 Å². The highest BCUT2D eigenvalue weighted by atomic mass is 32.2. The zero-order valence-corrected chi connectivity index (χ0v) is 28.6. The second-order valence-electron chi connectivity index (χ2n) is 14.1. The van der Waals surface area contributed by atoms with Crippen LogP contribution in [-0.2, 0) is 0 Å². The van der Waals surface area contributed by atoms with Crippen molar-refractivity contribution in [3.8, 4) is 0 Å². The molecular weight excluding hydrogens is 599 g/mol. The lowest BCUT2D eigenvalue weighted by Gasteiger charge is -2.37. The molecule has 0 N–H and O–H groups in total. The van der Waals surface area contributed by atoms with Gasteiger partial charge in [0.15, 0.2) is 0 Å². The Labute approximate surface area is 288 Å². The summed E-state index contributed by atoms with van der Waals surface area (Å²) < 4.78 is 0. The van der Waals surface area contributed by atoms with Gasteiger partial charge in [0, 0.05) is 32.9 Å². The van der Waals surface area contributed by atoms with Crippen LogP contribution < -0.4 is 4.90 Å². The number of thioether (sulfide) groups is 1. The lowest BCUT2D eigenvalue weighted by atomic mass is 9.76. The van der Waals surface area contributed by atoms with E-state index in [1.165, 1.54) is 65.7 Å². The van der Waals surface area contributed by atoms with Crippen LogP contribution in [0.15, 0.2) is 167 Å². The Morgan fingerprint density at radius 2 is 1.56 bits per heavy atom. The van der Waals surface area contributed by atoms with Crippen molar-refractivity contribution in [2.75, 3.05) is 4.90 Å². The molecule has 3 atom stereocenters. The van der Waals surface area contributed by atoms with E-state index in [1.54, 1.807) is 11.1 Å². The zero-order chi connectivity index (χ0) is 32.6. The molecule has 1 heterocycles. The molecule has 5 aromatic rings. The third kappa shape index (κ3) is 4.39. The summed E-state index contributed by atoms with van der Waals surface area (Å²) in [7, 11) is 0. The van der Waals surface area contributed by atoms with Gasteiger partial charge in [-0.05, 0) is 98.1 Å². The molecule has 0 saturated heterocycles. The highest BCUT2D eigenvalue weighted by Gasteiger charge is 2.48. The normalized spacial score (nSPS) is 21.9. The highest BCUT2D eigenvalue weighted by Crippen LogP contribution is 2.61. The van der Waals surface area contributed by atoms with E-state index < -0.39 is 0 Å². The zero-order valence-electron chi connectivity index (χ0n) is 27.8. The SMILES string of the molecule is C=C/C=C\c1c(C)c(N(c2ccc3ccccc3c2)C2C=CC3=C(C2)C2=C(C=CC4c5ccccc5SC24)C3(C)C)cc2ccccc12. The van der Waals surface area contributed by atoms with Gasteiger partial charge >= 0.3 is 0 Å². The molecular formula is C46H39NS. The predicted octanol–water partition coefficient (Wildman–Crippen LogP) is 12.4. The van der Waals surface area contributed by atoms with E-state index in [9.17, 15) is 0 Å². The third-order valence-corrected chi connectivity index (χ3v) is 12.5. The van der Waals surface area contributed by atoms with E-state index in [0.717, 1.165) is 6.42 Å². The summed E-state index contributed by atoms with van der Waals surface area (Å²) in [5.41, 5.74) is 12.6. The number of hydrogen-bond acceptors (Lipinski definition) is 2. The van der Waals surface area contributed by atoms with E-state index in [0.29, 0.717) is 11.2 Å². The smallest absolute Gasteiger partial charge is 0.0566 e. The fourth-order valence-corrected chi connectivity index (χ4v) is 10.3. The summed E-state index contributed by atoms with van der Waals surface area (Å²) in [5, 5.41) is 5.47. The van der Waals surface area contributed by atoms with E-state index >= 15 is 0 Å². The Morgan fingerprint density at radius 1 is 0.812 bits per heavy atom. The molecule has 9 rings (SSSR count). The van der Waals surface area contributed by atoms with Crippen molar-refractivity contribution in [3.63, 3.8) is 0 Å². The second kappa shape index (κ2) is 11.1. The van der Waals surface area contributed by atoms with Gasteiger partial charge in [-0.25, -0.2) is 0 Å². The van der Waals surface area contributed by atoms with Gasteiger partial charge in [0.05, 0.1) is 6.04 Å². The van der Waals surface area contributed by atoms with Gasteiger partial charge in [0.25, 0.3) is 0 Å². The van der Waals surface area contributed by atoms with Crippen LogP contribution in [0.2, 0.25) is 0 Å². The molecule has 48 heavy (non-hydrogen) atoms. The van der Waals surface area contributed by atoms with Crippen LogP contribution >= 0.6 is 11.8 Å². The second-order valence-corrected chi connectivity index (χ2v) is 15.3. The molecule has 234 valence electrons. The van der Waals surface area contributed by atoms with Crippen molar-refractivity contribution in [1.82, 2.24) is 0 Å². The van der Waals surface area contributed by atoms with Gasteiger partial charge in [-0.1, -0.05) is 136 Å². The standard InChI is InChI=1S/C46H39NS/c1-5-6-16-35-29(2)42(27-32-15-9-10-17-36(32)35)47(33-21-20-30-13-7-8-14-31(30)26-33)34-22-24-40-39(28-34)44-41(46(40,3)4)25-23-38-37-18-11-12-19-43(37)48-45(38)44/h5-27,34,38,45H,1,28H2,2-4H3/b16-6-. The van der Waals surface area contributed by atoms with Gasteiger partial charge in [0.2, 0.25) is 0 Å². The van der Waals surface area contributed by atoms with E-state index in [1.807, 2.05) is 6.08 Å². The number of hydrogen-bond donors (Lipinski definition) is 0. The minimum Gasteiger partial charge on any atom is -0.334 e. The van der Waals surface area contributed by atoms with Crippen LogP contribution in [0.3, 0.4) is 0 Å². The van der Waals surface area contributed by atoms with Crippen LogP contribution in [0, 0.1) is 12.3 Å². The molecule has 0 radical (unpaired) electrons. The fourth-order valence-electron chi connectivity index (χ4n) is 8.79. The molecule has 0 saturated carbocycles. The van der Waals surface area contributed by atoms with Crippen molar-refractivity contribution < 1.29 is 0 Å². The number of benzene rings is 5. The summed E-state index contributed by atoms with van der Waals surface area (Å²) in [6, 6.07) is 36.1. The number of allylic oxidation sites excluding steroid dienone is 7. The molecule has 2 heteroatoms. The van der Waals surface area contributed by atoms with Crippen molar-refractivity contribution in [2.45, 2.75) is 49.3 Å². The molecule has 3 unspecified atom stereocenters. The first-order valence-corrected chi connectivity index (χ1v) is 18.0. The van der Waals surface area contributed by atoms with Crippen molar-refractivity contribution in [2.24, 2.45) is 5.41 Å². The maximum absolute atomic E-state index is 3.98. The first-order chi connectivity index (χ1) is 23.4. The monoisotopic (exact) mass is 637 g/mol. The van der Waals surface area contributed by atoms with Gasteiger partial charge < -0.3 is 4.90 Å². The van der Waals surface area contributed by atoms with Crippen LogP contribution in [0.5, 0.6) is 0 Å². The average Bonchev–Trinajstić information content (AvgIpc) is 3.60. The summed E-state index contributed by atoms with van der Waals surface area (Å²) in [6.07, 6.45) is 17.0. The molecule has 0 amide bonds. The van der Waals surface area contributed by atoms with Gasteiger partial charge in [-0.3, -0.25) is 0 Å². The highest BCUT2D eigenvalue weighted by molar-refractivity contribution is 8.00. The molecule has 3 aliphatic carbocycles. The quantitative estimate of drug-likeness (QED) is 0.176. The fraction of sp³-hybridized carbons (Fsp3) is 0.174. The summed E-state index contributed by atoms with van der Waals surface area (Å²) >= 11 is 2.07. The Morgan fingerprint density at radius 3 is 2.42 bits per heavy atom. The Hall–Kier alpha value is -4.79. The van der Waals surface area contributed by atoms with E-state index in [4.69, 9.17) is 0 Å². The molecule has 0 spiro atoms. The molecule has 4 aliphatic rings. The first-order valence-electron chi connectivity index (χ1n) is 17.1. The summed E-state index contributed by atoms with van der Waals surface area (Å²) in [5.74, 6) is 0.426. The van der Waals surface area contributed by atoms with Gasteiger partial charge in [-0.2, -0.15) is 0 Å². The number of anilines is 2. The lowest BCUT2D eigenvalue weighted by molar-refractivity contribution is 0.565. The molecule has 0 bridgehead atoms. The molecule has 5 aromatic carbocycles. The maximum atomic E-state index is 3.98. The van der Waals surface area contributed by atoms with Crippen LogP contribution in [0.1, 0.15) is 42.9 Å². The number of fused-ring (bicyclic) bond motifs is 7. The predicted molar refractivity (Wildman–Crippen MR) is 207 cm³/mol. The molecule has 1 aliphatic heterocycles. The van der Waals surface area contributed by atoms with Crippen LogP contribution in [0.4, 0.5) is 11.4 Å². The number of rotatable bonds is 5. The molecule has 0 aromatic heterocycles. The first kappa shape index (κ1) is 29.4. The third-order valence-electron chi connectivity index (χ3n) is 11.1. The summed E-state index contributed by atoms with van der Waals surface area (Å²) in [4.78, 5) is 4.06. The Balaban J connectivity index is 1.21.